The van der Waals surface area contributed by atoms with Gasteiger partial charge in [0.05, 0.1) is 12.1 Å². The zero-order valence-electron chi connectivity index (χ0n) is 15.6. The van der Waals surface area contributed by atoms with E-state index in [0.717, 1.165) is 11.1 Å². The Kier molecular flexibility index (Phi) is 5.82. The number of carboxylic acids is 1. The molecule has 0 fully saturated rings. The minimum Gasteiger partial charge on any atom is -0.493 e. The number of benzene rings is 2. The van der Waals surface area contributed by atoms with Crippen molar-refractivity contribution in [1.29, 1.82) is 0 Å². The highest BCUT2D eigenvalue weighted by Gasteiger charge is 2.22. The molecule has 0 spiro atoms. The van der Waals surface area contributed by atoms with Crippen molar-refractivity contribution in [2.45, 2.75) is 6.54 Å². The van der Waals surface area contributed by atoms with Crippen LogP contribution >= 0.6 is 34.8 Å². The molecule has 10 heteroatoms. The zero-order valence-corrected chi connectivity index (χ0v) is 17.9. The van der Waals surface area contributed by atoms with Crippen LogP contribution in [0.25, 0.3) is 10.9 Å². The van der Waals surface area contributed by atoms with Gasteiger partial charge in [-0.25, -0.2) is 9.78 Å². The monoisotopic (exact) mass is 474 g/mol. The largest absolute Gasteiger partial charge is 0.493 e. The summed E-state index contributed by atoms with van der Waals surface area (Å²) in [5.74, 6) is -1.50. The van der Waals surface area contributed by atoms with Crippen LogP contribution in [-0.2, 0) is 6.54 Å². The average Bonchev–Trinajstić information content (AvgIpc) is 3.02. The highest BCUT2D eigenvalue weighted by molar-refractivity contribution is 6.45. The van der Waals surface area contributed by atoms with E-state index in [4.69, 9.17) is 34.8 Å². The maximum atomic E-state index is 11.4. The third-order valence-electron chi connectivity index (χ3n) is 4.57. The Morgan fingerprint density at radius 3 is 2.29 bits per heavy atom. The summed E-state index contributed by atoms with van der Waals surface area (Å²) in [5.41, 5.74) is 1.26. The average molecular weight is 476 g/mol. The van der Waals surface area contributed by atoms with Crippen LogP contribution in [0.3, 0.4) is 0 Å². The summed E-state index contributed by atoms with van der Waals surface area (Å²) in [4.78, 5) is 15.0. The smallest absolute Gasteiger partial charge is 0.356 e. The van der Waals surface area contributed by atoms with E-state index in [-0.39, 0.29) is 32.5 Å². The van der Waals surface area contributed by atoms with Crippen molar-refractivity contribution in [3.63, 3.8) is 0 Å². The highest BCUT2D eigenvalue weighted by atomic mass is 35.5. The number of pyridine rings is 1. The van der Waals surface area contributed by atoms with Crippen molar-refractivity contribution in [2.24, 2.45) is 10.2 Å². The number of nitrogens with zero attached hydrogens (tertiary/aromatic N) is 4. The molecule has 4 rings (SSSR count). The zero-order chi connectivity index (χ0) is 22.1. The van der Waals surface area contributed by atoms with Crippen molar-refractivity contribution in [2.75, 3.05) is 0 Å². The maximum absolute atomic E-state index is 11.4. The van der Waals surface area contributed by atoms with Crippen LogP contribution < -0.4 is 0 Å². The van der Waals surface area contributed by atoms with E-state index in [9.17, 15) is 15.0 Å². The van der Waals surface area contributed by atoms with Gasteiger partial charge in [-0.2, -0.15) is 0 Å². The van der Waals surface area contributed by atoms with E-state index in [0.29, 0.717) is 11.9 Å². The molecule has 0 radical (unpaired) electrons. The molecule has 2 aromatic carbocycles. The summed E-state index contributed by atoms with van der Waals surface area (Å²) in [6, 6.07) is 16.9. The predicted octanol–water partition coefficient (Wildman–Crippen LogP) is 6.86. The molecule has 0 amide bonds. The Morgan fingerprint density at radius 1 is 0.935 bits per heavy atom. The SMILES string of the molecule is O=C(O)c1nc(Cl)c(Cl)c(N=Nc2c(O)n(Cc3ccccc3)c3ccccc23)c1Cl. The Morgan fingerprint density at radius 2 is 1.58 bits per heavy atom. The van der Waals surface area contributed by atoms with Gasteiger partial charge in [-0.15, -0.1) is 10.2 Å². The van der Waals surface area contributed by atoms with Gasteiger partial charge >= 0.3 is 5.97 Å². The first-order chi connectivity index (χ1) is 14.9. The first-order valence-corrected chi connectivity index (χ1v) is 10.1. The van der Waals surface area contributed by atoms with Gasteiger partial charge < -0.3 is 14.8 Å². The van der Waals surface area contributed by atoms with Crippen LogP contribution in [0.15, 0.2) is 64.8 Å². The Bertz CT molecular complexity index is 1340. The fourth-order valence-electron chi connectivity index (χ4n) is 3.13. The molecular weight excluding hydrogens is 463 g/mol. The lowest BCUT2D eigenvalue weighted by atomic mass is 10.2. The molecule has 2 aromatic heterocycles. The quantitative estimate of drug-likeness (QED) is 0.243. The summed E-state index contributed by atoms with van der Waals surface area (Å²) in [6.07, 6.45) is 0. The van der Waals surface area contributed by atoms with Gasteiger partial charge in [-0.05, 0) is 11.6 Å². The summed E-state index contributed by atoms with van der Waals surface area (Å²) < 4.78 is 1.70. The summed E-state index contributed by atoms with van der Waals surface area (Å²) in [6.45, 7) is 0.411. The number of halogens is 3. The molecule has 0 saturated heterocycles. The van der Waals surface area contributed by atoms with Crippen molar-refractivity contribution >= 4 is 63.0 Å². The van der Waals surface area contributed by atoms with Gasteiger partial charge in [-0.1, -0.05) is 83.3 Å². The number of aromatic nitrogens is 2. The third kappa shape index (κ3) is 3.95. The van der Waals surface area contributed by atoms with Gasteiger partial charge in [0.15, 0.2) is 16.5 Å². The van der Waals surface area contributed by atoms with Crippen molar-refractivity contribution < 1.29 is 15.0 Å². The van der Waals surface area contributed by atoms with Crippen molar-refractivity contribution in [3.05, 3.63) is 81.1 Å². The number of hydrogen-bond acceptors (Lipinski definition) is 5. The lowest BCUT2D eigenvalue weighted by molar-refractivity contribution is 0.0690. The number of azo groups is 1. The van der Waals surface area contributed by atoms with Crippen LogP contribution in [0.5, 0.6) is 5.88 Å². The summed E-state index contributed by atoms with van der Waals surface area (Å²) >= 11 is 18.1. The number of carbonyl (C=O) groups is 1. The molecule has 31 heavy (non-hydrogen) atoms. The molecule has 0 atom stereocenters. The first kappa shape index (κ1) is 21.1. The van der Waals surface area contributed by atoms with Crippen LogP contribution in [0.2, 0.25) is 15.2 Å². The van der Waals surface area contributed by atoms with Gasteiger partial charge in [0, 0.05) is 5.39 Å². The standard InChI is InChI=1S/C21H13Cl3N4O3/c22-14-17(15(23)19(24)25-18(14)21(30)31)27-26-16-12-8-4-5-9-13(12)28(20(16)29)10-11-6-2-1-3-7-11/h1-9,29H,10H2,(H,30,31). The van der Waals surface area contributed by atoms with Gasteiger partial charge in [-0.3, -0.25) is 0 Å². The molecule has 0 aliphatic heterocycles. The molecule has 7 nitrogen and oxygen atoms in total. The van der Waals surface area contributed by atoms with Crippen LogP contribution in [-0.4, -0.2) is 25.7 Å². The number of rotatable bonds is 5. The Hall–Kier alpha value is -3.13. The molecule has 2 N–H and O–H groups in total. The molecule has 156 valence electrons. The molecule has 0 aliphatic carbocycles. The van der Waals surface area contributed by atoms with Gasteiger partial charge in [0.2, 0.25) is 5.88 Å². The second-order valence-electron chi connectivity index (χ2n) is 6.49. The summed E-state index contributed by atoms with van der Waals surface area (Å²) in [5, 5.41) is 28.2. The second-order valence-corrected chi connectivity index (χ2v) is 7.61. The number of aromatic carboxylic acids is 1. The Balaban J connectivity index is 1.84. The van der Waals surface area contributed by atoms with E-state index >= 15 is 0 Å². The number of fused-ring (bicyclic) bond motifs is 1. The molecule has 4 aromatic rings. The van der Waals surface area contributed by atoms with Crippen LogP contribution in [0, 0.1) is 0 Å². The molecule has 0 aliphatic rings. The maximum Gasteiger partial charge on any atom is 0.356 e. The topological polar surface area (TPSA) is 100 Å². The number of aromatic hydroxyl groups is 1. The van der Waals surface area contributed by atoms with Gasteiger partial charge in [0.1, 0.15) is 15.7 Å². The van der Waals surface area contributed by atoms with E-state index in [1.165, 1.54) is 0 Å². The molecule has 0 bridgehead atoms. The number of hydrogen-bond donors (Lipinski definition) is 2. The normalized spacial score (nSPS) is 11.5. The number of para-hydroxylation sites is 1. The molecule has 0 unspecified atom stereocenters. The summed E-state index contributed by atoms with van der Waals surface area (Å²) in [7, 11) is 0. The van der Waals surface area contributed by atoms with E-state index in [2.05, 4.69) is 15.2 Å². The minimum atomic E-state index is -1.39. The fraction of sp³-hybridized carbons (Fsp3) is 0.0476. The molecular formula is C21H13Cl3N4O3. The van der Waals surface area contributed by atoms with Crippen molar-refractivity contribution in [3.8, 4) is 5.88 Å². The Labute approximate surface area is 191 Å². The van der Waals surface area contributed by atoms with Crippen molar-refractivity contribution in [1.82, 2.24) is 9.55 Å². The lowest BCUT2D eigenvalue weighted by Gasteiger charge is -2.07. The van der Waals surface area contributed by atoms with E-state index < -0.39 is 11.7 Å². The third-order valence-corrected chi connectivity index (χ3v) is 5.65. The van der Waals surface area contributed by atoms with E-state index in [1.807, 2.05) is 42.5 Å². The minimum absolute atomic E-state index is 0.111. The highest BCUT2D eigenvalue weighted by Crippen LogP contribution is 2.43. The first-order valence-electron chi connectivity index (χ1n) is 8.92. The fourth-order valence-corrected chi connectivity index (χ4v) is 3.78. The van der Waals surface area contributed by atoms with E-state index in [1.54, 1.807) is 16.7 Å². The van der Waals surface area contributed by atoms with Gasteiger partial charge in [0.25, 0.3) is 0 Å². The van der Waals surface area contributed by atoms with Crippen LogP contribution in [0.1, 0.15) is 16.1 Å². The van der Waals surface area contributed by atoms with Crippen LogP contribution in [0.4, 0.5) is 11.4 Å². The second kappa shape index (κ2) is 8.55. The predicted molar refractivity (Wildman–Crippen MR) is 120 cm³/mol. The number of carboxylic acid groups (broad SMARTS) is 1. The molecule has 0 saturated carbocycles. The lowest BCUT2D eigenvalue weighted by Crippen LogP contribution is -2.02. The molecule has 2 heterocycles.